The van der Waals surface area contributed by atoms with Crippen molar-refractivity contribution >= 4 is 39.3 Å². The lowest BCUT2D eigenvalue weighted by molar-refractivity contribution is -0.138. The van der Waals surface area contributed by atoms with Gasteiger partial charge in [0.25, 0.3) is 11.8 Å². The molecule has 0 N–H and O–H groups in total. The number of nitrogens with zero attached hydrogens (tertiary/aromatic N) is 2. The van der Waals surface area contributed by atoms with Crippen molar-refractivity contribution in [1.29, 1.82) is 0 Å². The number of carbonyl (C=O) groups is 2. The molecular weight excluding hydrogens is 751 g/mol. The van der Waals surface area contributed by atoms with Gasteiger partial charge >= 0.3 is 12.4 Å². The maximum Gasteiger partial charge on any atom is 0.416 e. The second-order valence-corrected chi connectivity index (χ2v) is 14.4. The average molecular weight is 781 g/mol. The van der Waals surface area contributed by atoms with Crippen LogP contribution >= 0.6 is 0 Å². The summed E-state index contributed by atoms with van der Waals surface area (Å²) < 4.78 is 87.3. The van der Waals surface area contributed by atoms with E-state index in [-0.39, 0.29) is 27.9 Å². The summed E-state index contributed by atoms with van der Waals surface area (Å²) in [4.78, 5) is 30.5. The number of hydrogen-bond acceptors (Lipinski definition) is 2. The van der Waals surface area contributed by atoms with Crippen molar-refractivity contribution in [2.24, 2.45) is 0 Å². The quantitative estimate of drug-likeness (QED) is 0.129. The molecule has 2 amide bonds. The Bertz CT molecular complexity index is 2880. The predicted molar refractivity (Wildman–Crippen MR) is 214 cm³/mol. The first-order valence-corrected chi connectivity index (χ1v) is 18.3. The molecular formula is C48H30F6N2O2. The van der Waals surface area contributed by atoms with Gasteiger partial charge in [-0.05, 0) is 84.1 Å². The zero-order chi connectivity index (χ0) is 40.7. The lowest BCUT2D eigenvalue weighted by Crippen LogP contribution is -2.30. The summed E-state index contributed by atoms with van der Waals surface area (Å²) in [7, 11) is 0. The fraction of sp³-hybridized carbons (Fsp3) is 0.0833. The second kappa shape index (κ2) is 13.3. The smallest absolute Gasteiger partial charge is 0.307 e. The van der Waals surface area contributed by atoms with Crippen molar-refractivity contribution in [2.75, 3.05) is 4.90 Å². The summed E-state index contributed by atoms with van der Waals surface area (Å²) in [6, 6.07) is 39.0. The van der Waals surface area contributed by atoms with Gasteiger partial charge < -0.3 is 4.57 Å². The molecule has 0 unspecified atom stereocenters. The van der Waals surface area contributed by atoms with Crippen molar-refractivity contribution in [1.82, 2.24) is 4.57 Å². The topological polar surface area (TPSA) is 42.3 Å². The van der Waals surface area contributed by atoms with Gasteiger partial charge in [-0.2, -0.15) is 26.3 Å². The molecule has 286 valence electrons. The third kappa shape index (κ3) is 5.95. The van der Waals surface area contributed by atoms with E-state index in [9.17, 15) is 35.9 Å². The molecule has 0 fully saturated rings. The number of carbonyl (C=O) groups excluding carboxylic acids is 2. The molecule has 1 aliphatic rings. The number of alkyl halides is 6. The summed E-state index contributed by atoms with van der Waals surface area (Å²) in [5.41, 5.74) is 3.23. The molecule has 1 aliphatic heterocycles. The van der Waals surface area contributed by atoms with E-state index in [1.54, 1.807) is 97.3 Å². The molecule has 0 spiro atoms. The minimum absolute atomic E-state index is 0.0409. The third-order valence-electron chi connectivity index (χ3n) is 10.6. The van der Waals surface area contributed by atoms with Gasteiger partial charge in [-0.25, -0.2) is 4.90 Å². The number of hydrogen-bond donors (Lipinski definition) is 0. The molecule has 2 heterocycles. The molecule has 0 aliphatic carbocycles. The minimum atomic E-state index is -4.65. The van der Waals surface area contributed by atoms with Gasteiger partial charge in [0, 0.05) is 27.5 Å². The van der Waals surface area contributed by atoms with E-state index in [0.717, 1.165) is 34.7 Å². The Kier molecular flexibility index (Phi) is 8.43. The maximum atomic E-state index is 14.9. The molecule has 0 bridgehead atoms. The Hall–Kier alpha value is -6.94. The first-order valence-electron chi connectivity index (χ1n) is 18.3. The maximum absolute atomic E-state index is 14.9. The van der Waals surface area contributed by atoms with E-state index >= 15 is 0 Å². The van der Waals surface area contributed by atoms with Crippen LogP contribution in [0, 0.1) is 13.8 Å². The molecule has 10 heteroatoms. The van der Waals surface area contributed by atoms with E-state index in [4.69, 9.17) is 0 Å². The van der Waals surface area contributed by atoms with Crippen molar-refractivity contribution < 1.29 is 35.9 Å². The van der Waals surface area contributed by atoms with Crippen molar-refractivity contribution in [2.45, 2.75) is 26.2 Å². The highest BCUT2D eigenvalue weighted by atomic mass is 19.4. The number of fused-ring (bicyclic) bond motifs is 4. The predicted octanol–water partition coefficient (Wildman–Crippen LogP) is 13.2. The van der Waals surface area contributed by atoms with E-state index in [2.05, 4.69) is 0 Å². The molecule has 1 aromatic heterocycles. The van der Waals surface area contributed by atoms with Gasteiger partial charge in [0.05, 0.1) is 44.7 Å². The largest absolute Gasteiger partial charge is 0.416 e. The summed E-state index contributed by atoms with van der Waals surface area (Å²) >= 11 is 0. The van der Waals surface area contributed by atoms with E-state index < -0.39 is 35.3 Å². The van der Waals surface area contributed by atoms with E-state index in [1.165, 1.54) is 0 Å². The number of benzene rings is 7. The molecule has 4 nitrogen and oxygen atoms in total. The second-order valence-electron chi connectivity index (χ2n) is 14.4. The fourth-order valence-corrected chi connectivity index (χ4v) is 8.23. The Morgan fingerprint density at radius 1 is 0.431 bits per heavy atom. The lowest BCUT2D eigenvalue weighted by atomic mass is 9.96. The Labute approximate surface area is 328 Å². The summed E-state index contributed by atoms with van der Waals surface area (Å²) in [5, 5.41) is 1.16. The fourth-order valence-electron chi connectivity index (χ4n) is 8.23. The first kappa shape index (κ1) is 36.7. The molecule has 58 heavy (non-hydrogen) atoms. The Morgan fingerprint density at radius 3 is 1.45 bits per heavy atom. The monoisotopic (exact) mass is 780 g/mol. The average Bonchev–Trinajstić information content (AvgIpc) is 3.67. The standard InChI is InChI=1S/C48H30F6N2O2/c1-27-21-30(25-32(23-27)47(49,50)51)35-14-8-16-37-38-17-9-15-36(31-22-28(2)24-33(26-31)48(52,53)54)44(38)55(43(35)37)41-20-10-18-39-42(41)46(58)56(45(39)57)40-19-7-6-13-34(40)29-11-4-3-5-12-29/h3-26H,1-2H3. The zero-order valence-electron chi connectivity index (χ0n) is 30.8. The molecule has 9 rings (SSSR count). The minimum Gasteiger partial charge on any atom is -0.307 e. The van der Waals surface area contributed by atoms with Crippen LogP contribution in [0.25, 0.3) is 60.9 Å². The van der Waals surface area contributed by atoms with E-state index in [0.29, 0.717) is 55.3 Å². The zero-order valence-corrected chi connectivity index (χ0v) is 30.8. The SMILES string of the molecule is Cc1cc(-c2cccc3c4cccc(-c5cc(C)cc(C(F)(F)F)c5)c4n(-c4cccc5c4C(=O)N(c4ccccc4-c4ccccc4)C5=O)c23)cc(C(F)(F)F)c1. The van der Waals surface area contributed by atoms with Gasteiger partial charge in [0.1, 0.15) is 0 Å². The lowest BCUT2D eigenvalue weighted by Gasteiger charge is -2.19. The van der Waals surface area contributed by atoms with Gasteiger partial charge in [-0.3, -0.25) is 9.59 Å². The van der Waals surface area contributed by atoms with Crippen LogP contribution in [0.4, 0.5) is 32.0 Å². The highest BCUT2D eigenvalue weighted by Gasteiger charge is 2.41. The van der Waals surface area contributed by atoms with Crippen LogP contribution < -0.4 is 4.90 Å². The summed E-state index contributed by atoms with van der Waals surface area (Å²) in [5.74, 6) is -1.21. The Balaban J connectivity index is 1.38. The first-order chi connectivity index (χ1) is 27.7. The van der Waals surface area contributed by atoms with Gasteiger partial charge in [-0.15, -0.1) is 0 Å². The van der Waals surface area contributed by atoms with Crippen molar-refractivity contribution in [3.8, 4) is 39.1 Å². The number of aryl methyl sites for hydroxylation is 2. The molecule has 0 saturated carbocycles. The number of imide groups is 1. The van der Waals surface area contributed by atoms with Crippen LogP contribution in [0.3, 0.4) is 0 Å². The number of halogens is 6. The Morgan fingerprint density at radius 2 is 0.897 bits per heavy atom. The molecule has 8 aromatic rings. The molecule has 0 saturated heterocycles. The third-order valence-corrected chi connectivity index (χ3v) is 10.6. The van der Waals surface area contributed by atoms with Crippen molar-refractivity contribution in [3.05, 3.63) is 179 Å². The normalized spacial score (nSPS) is 13.2. The van der Waals surface area contributed by atoms with Crippen molar-refractivity contribution in [3.63, 3.8) is 0 Å². The number of rotatable bonds is 5. The van der Waals surface area contributed by atoms with Gasteiger partial charge in [0.15, 0.2) is 0 Å². The van der Waals surface area contributed by atoms with Crippen LogP contribution in [0.1, 0.15) is 43.0 Å². The van der Waals surface area contributed by atoms with Crippen LogP contribution in [-0.2, 0) is 12.4 Å². The number of anilines is 1. The molecule has 0 radical (unpaired) electrons. The molecule has 7 aromatic carbocycles. The van der Waals surface area contributed by atoms with Gasteiger partial charge in [-0.1, -0.05) is 103 Å². The number of amides is 2. The van der Waals surface area contributed by atoms with Crippen LogP contribution in [0.5, 0.6) is 0 Å². The van der Waals surface area contributed by atoms with Gasteiger partial charge in [0.2, 0.25) is 0 Å². The molecule has 0 atom stereocenters. The van der Waals surface area contributed by atoms with Crippen LogP contribution in [-0.4, -0.2) is 16.4 Å². The van der Waals surface area contributed by atoms with Crippen LogP contribution in [0.15, 0.2) is 146 Å². The number of para-hydroxylation sites is 3. The highest BCUT2D eigenvalue weighted by molar-refractivity contribution is 6.36. The highest BCUT2D eigenvalue weighted by Crippen LogP contribution is 2.46. The summed E-state index contributed by atoms with van der Waals surface area (Å²) in [6.07, 6.45) is -9.30. The van der Waals surface area contributed by atoms with E-state index in [1.807, 2.05) is 42.5 Å². The van der Waals surface area contributed by atoms with Crippen LogP contribution in [0.2, 0.25) is 0 Å². The number of aromatic nitrogens is 1. The summed E-state index contributed by atoms with van der Waals surface area (Å²) in [6.45, 7) is 3.14.